The lowest BCUT2D eigenvalue weighted by Crippen LogP contribution is -2.99. The third-order valence-electron chi connectivity index (χ3n) is 11.7. The first-order valence-electron chi connectivity index (χ1n) is 16.2. The van der Waals surface area contributed by atoms with E-state index < -0.39 is 5.23 Å². The van der Waals surface area contributed by atoms with Crippen molar-refractivity contribution < 1.29 is 20.0 Å². The Kier molecular flexibility index (Phi) is 9.71. The van der Waals surface area contributed by atoms with E-state index in [0.717, 1.165) is 36.5 Å². The van der Waals surface area contributed by atoms with E-state index in [1.54, 1.807) is 17.7 Å². The van der Waals surface area contributed by atoms with Crippen LogP contribution in [0.15, 0.2) is 35.9 Å². The predicted octanol–water partition coefficient (Wildman–Crippen LogP) is 9.02. The molecule has 0 spiro atoms. The summed E-state index contributed by atoms with van der Waals surface area (Å²) in [6, 6.07) is 6.06. The zero-order chi connectivity index (χ0) is 28.3. The van der Waals surface area contributed by atoms with Crippen LogP contribution in [0.5, 0.6) is 5.75 Å². The molecule has 222 valence electrons. The molecule has 0 bridgehead atoms. The summed E-state index contributed by atoms with van der Waals surface area (Å²) in [6.07, 6.45) is 22.6. The summed E-state index contributed by atoms with van der Waals surface area (Å²) < 4.78 is 5.53. The molecule has 40 heavy (non-hydrogen) atoms. The summed E-state index contributed by atoms with van der Waals surface area (Å²) in [6.45, 7) is 7.51. The first-order chi connectivity index (χ1) is 19.2. The minimum absolute atomic E-state index is 0.190. The molecule has 3 fully saturated rings. The molecule has 4 aliphatic carbocycles. The second kappa shape index (κ2) is 12.9. The van der Waals surface area contributed by atoms with E-state index in [-0.39, 0.29) is 21.7 Å². The van der Waals surface area contributed by atoms with Crippen molar-refractivity contribution in [1.82, 2.24) is 0 Å². The molecule has 4 aliphatic rings. The number of allylic oxidation sites excluding steroid dienone is 2. The van der Waals surface area contributed by atoms with E-state index in [1.165, 1.54) is 107 Å². The average molecular weight is 570 g/mol. The van der Waals surface area contributed by atoms with Crippen molar-refractivity contribution >= 4 is 22.8 Å². The number of nitrogens with one attached hydrogen (secondary N) is 1. The second-order valence-electron chi connectivity index (χ2n) is 13.8. The molecule has 8 atom stereocenters. The summed E-state index contributed by atoms with van der Waals surface area (Å²) >= 11 is 1.32. The first kappa shape index (κ1) is 30.1. The molecule has 5 rings (SSSR count). The number of hydrogen-bond donors (Lipinski definition) is 2. The Morgan fingerprint density at radius 2 is 1.77 bits per heavy atom. The monoisotopic (exact) mass is 569 g/mol. The number of quaternary nitrogens is 1. The fourth-order valence-electron chi connectivity index (χ4n) is 9.40. The van der Waals surface area contributed by atoms with Crippen LogP contribution in [-0.4, -0.2) is 15.8 Å². The van der Waals surface area contributed by atoms with Crippen LogP contribution in [-0.2, 0) is 0 Å². The maximum atomic E-state index is 12.7. The van der Waals surface area contributed by atoms with E-state index in [2.05, 4.69) is 26.8 Å². The fourth-order valence-corrected chi connectivity index (χ4v) is 10.3. The molecule has 2 N–H and O–H groups in total. The van der Waals surface area contributed by atoms with E-state index >= 15 is 0 Å². The minimum Gasteiger partial charge on any atom is -0.595 e. The van der Waals surface area contributed by atoms with Crippen LogP contribution < -0.4 is 9.96 Å². The van der Waals surface area contributed by atoms with Crippen LogP contribution in [0.4, 0.5) is 10.5 Å². The molecular formula is C34H51NO4S. The third kappa shape index (κ3) is 6.21. The number of ether oxygens (including phenoxy) is 1. The molecule has 1 aromatic carbocycles. The van der Waals surface area contributed by atoms with Gasteiger partial charge in [-0.25, -0.2) is 10.0 Å². The maximum absolute atomic E-state index is 12.7. The van der Waals surface area contributed by atoms with Gasteiger partial charge in [0.2, 0.25) is 0 Å². The molecule has 1 unspecified atom stereocenters. The van der Waals surface area contributed by atoms with Crippen LogP contribution in [0.2, 0.25) is 0 Å². The number of thioether (sulfide) groups is 1. The summed E-state index contributed by atoms with van der Waals surface area (Å²) in [4.78, 5) is 12.7. The van der Waals surface area contributed by atoms with Gasteiger partial charge in [-0.15, -0.1) is 0 Å². The quantitative estimate of drug-likeness (QED) is 0.127. The average Bonchev–Trinajstić information content (AvgIpc) is 3.27. The van der Waals surface area contributed by atoms with Gasteiger partial charge in [0, 0.05) is 17.4 Å². The highest BCUT2D eigenvalue weighted by Crippen LogP contribution is 2.67. The molecule has 3 saturated carbocycles. The van der Waals surface area contributed by atoms with Gasteiger partial charge in [-0.05, 0) is 116 Å². The second-order valence-corrected chi connectivity index (χ2v) is 15.0. The third-order valence-corrected chi connectivity index (χ3v) is 12.7. The molecule has 0 heterocycles. The lowest BCUT2D eigenvalue weighted by Gasteiger charge is -2.58. The van der Waals surface area contributed by atoms with Crippen molar-refractivity contribution in [2.24, 2.45) is 34.5 Å². The normalized spacial score (nSPS) is 35.7. The van der Waals surface area contributed by atoms with Gasteiger partial charge in [0.05, 0.1) is 0 Å². The Labute approximate surface area is 246 Å². The Balaban J connectivity index is 1.16. The number of carbonyl (C=O) groups excluding carboxylic acids is 1. The zero-order valence-corrected chi connectivity index (χ0v) is 25.8. The summed E-state index contributed by atoms with van der Waals surface area (Å²) in [5.41, 5.74) is 2.62. The standard InChI is InChI=1S/C34H51NO4S/c1-4-5-6-7-8-9-10-24-12-18-30-29-17-11-25-23-28(19-21-34(25,3)31(29)20-22-33(24,30)2)40-32(36)39-27-15-13-26(14-16-27)35(37)38/h11,13-16,24,28-31,35,37H,4-10,12,17-23H2,1-3H3/t24-,28+,29+,30-,31-,33-,34+/m1/s1. The van der Waals surface area contributed by atoms with Gasteiger partial charge >= 0.3 is 5.30 Å². The first-order valence-corrected chi connectivity index (χ1v) is 17.0. The molecule has 0 aromatic heterocycles. The molecule has 6 heteroatoms. The number of fused-ring (bicyclic) bond motifs is 5. The number of unbranched alkanes of at least 4 members (excludes halogenated alkanes) is 5. The molecule has 0 aliphatic heterocycles. The fraction of sp³-hybridized carbons (Fsp3) is 0.735. The number of rotatable bonds is 10. The van der Waals surface area contributed by atoms with Crippen molar-refractivity contribution in [2.75, 3.05) is 0 Å². The highest BCUT2D eigenvalue weighted by atomic mass is 32.2. The highest BCUT2D eigenvalue weighted by Gasteiger charge is 2.58. The molecule has 1 aromatic rings. The van der Waals surface area contributed by atoms with E-state index in [4.69, 9.17) is 9.94 Å². The van der Waals surface area contributed by atoms with Crippen molar-refractivity contribution in [3.63, 3.8) is 0 Å². The van der Waals surface area contributed by atoms with Crippen LogP contribution in [0.1, 0.15) is 117 Å². The van der Waals surface area contributed by atoms with Gasteiger partial charge in [0.15, 0.2) is 5.69 Å². The number of benzene rings is 1. The lowest BCUT2D eigenvalue weighted by atomic mass is 9.47. The van der Waals surface area contributed by atoms with Crippen LogP contribution in [0.25, 0.3) is 0 Å². The lowest BCUT2D eigenvalue weighted by molar-refractivity contribution is -0.991. The smallest absolute Gasteiger partial charge is 0.372 e. The van der Waals surface area contributed by atoms with Crippen LogP contribution in [0.3, 0.4) is 0 Å². The highest BCUT2D eigenvalue weighted by molar-refractivity contribution is 8.13. The molecule has 0 amide bonds. The Morgan fingerprint density at radius 1 is 1.02 bits per heavy atom. The molecule has 5 nitrogen and oxygen atoms in total. The van der Waals surface area contributed by atoms with Crippen molar-refractivity contribution in [3.05, 3.63) is 41.1 Å². The van der Waals surface area contributed by atoms with Gasteiger partial charge in [0.1, 0.15) is 5.75 Å². The van der Waals surface area contributed by atoms with Crippen LogP contribution in [0, 0.1) is 39.7 Å². The summed E-state index contributed by atoms with van der Waals surface area (Å²) in [5.74, 6) is 3.86. The minimum atomic E-state index is -0.982. The molecular weight excluding hydrogens is 518 g/mol. The Morgan fingerprint density at radius 3 is 2.52 bits per heavy atom. The van der Waals surface area contributed by atoms with Gasteiger partial charge in [-0.1, -0.05) is 70.9 Å². The zero-order valence-electron chi connectivity index (χ0n) is 25.0. The number of carbonyl (C=O) groups is 1. The van der Waals surface area contributed by atoms with Crippen molar-refractivity contribution in [2.45, 2.75) is 122 Å². The van der Waals surface area contributed by atoms with E-state index in [1.807, 2.05) is 0 Å². The van der Waals surface area contributed by atoms with E-state index in [9.17, 15) is 10.0 Å². The molecule has 0 radical (unpaired) electrons. The summed E-state index contributed by atoms with van der Waals surface area (Å²) in [7, 11) is 0. The van der Waals surface area contributed by atoms with Gasteiger partial charge < -0.3 is 9.94 Å². The number of hydrogen-bond acceptors (Lipinski definition) is 5. The van der Waals surface area contributed by atoms with Crippen molar-refractivity contribution in [1.29, 1.82) is 0 Å². The van der Waals surface area contributed by atoms with E-state index in [0.29, 0.717) is 11.2 Å². The SMILES string of the molecule is CCCCCCCC[C@@H]1CC[C@@H]2[C@@H]3CC=C4C[C@@H](SC(=O)Oc5ccc([NH+]([O-])O)cc5)CC[C@]4(C)[C@@H]3CC[C@]12C. The summed E-state index contributed by atoms with van der Waals surface area (Å²) in [5, 5.41) is 19.1. The predicted molar refractivity (Wildman–Crippen MR) is 163 cm³/mol. The van der Waals surface area contributed by atoms with Gasteiger partial charge in [-0.2, -0.15) is 5.23 Å². The van der Waals surface area contributed by atoms with Crippen LogP contribution >= 0.6 is 11.8 Å². The Hall–Kier alpha value is -1.34. The molecule has 0 saturated heterocycles. The van der Waals surface area contributed by atoms with Gasteiger partial charge in [-0.3, -0.25) is 0 Å². The van der Waals surface area contributed by atoms with Crippen molar-refractivity contribution in [3.8, 4) is 5.75 Å². The Bertz CT molecular complexity index is 1040. The van der Waals surface area contributed by atoms with Gasteiger partial charge in [0.25, 0.3) is 0 Å². The topological polar surface area (TPSA) is 74.0 Å². The maximum Gasteiger partial charge on any atom is 0.372 e. The largest absolute Gasteiger partial charge is 0.595 e.